The minimum absolute atomic E-state index is 0.748. The van der Waals surface area contributed by atoms with E-state index in [1.54, 1.807) is 0 Å². The first kappa shape index (κ1) is 12.1. The number of hydrogen-bond acceptors (Lipinski definition) is 2. The third-order valence-electron chi connectivity index (χ3n) is 2.11. The topological polar surface area (TPSA) is 27.6 Å². The summed E-state index contributed by atoms with van der Waals surface area (Å²) in [5.41, 5.74) is 1.93. The molecule has 0 radical (unpaired) electrons. The predicted molar refractivity (Wildman–Crippen MR) is 69.7 cm³/mol. The minimum Gasteiger partial charge on any atom is -0.362 e. The van der Waals surface area contributed by atoms with Gasteiger partial charge in [0.25, 0.3) is 0 Å². The van der Waals surface area contributed by atoms with E-state index in [1.807, 2.05) is 50.2 Å². The number of hydrogen-bond donors (Lipinski definition) is 1. The number of rotatable bonds is 3. The highest BCUT2D eigenvalue weighted by Crippen LogP contribution is 2.16. The maximum absolute atomic E-state index is 5.27. The molecule has 0 atom stereocenters. The monoisotopic (exact) mass is 215 g/mol. The molecule has 3 heteroatoms. The molecule has 3 nitrogen and oxygen atoms in total. The molecule has 84 valence electrons. The zero-order valence-electron chi connectivity index (χ0n) is 9.99. The van der Waals surface area contributed by atoms with Crippen LogP contribution < -0.4 is 5.32 Å². The number of terminal acetylenes is 1. The van der Waals surface area contributed by atoms with Crippen molar-refractivity contribution in [3.05, 3.63) is 29.8 Å². The normalized spacial score (nSPS) is 10.8. The lowest BCUT2D eigenvalue weighted by molar-refractivity contribution is 0.620. The Kier molecular flexibility index (Phi) is 4.41. The summed E-state index contributed by atoms with van der Waals surface area (Å²) in [5, 5.41) is 2.89. The molecule has 0 saturated carbocycles. The molecule has 0 aliphatic rings. The van der Waals surface area contributed by atoms with Gasteiger partial charge in [0.15, 0.2) is 0 Å². The van der Waals surface area contributed by atoms with Crippen molar-refractivity contribution in [2.24, 2.45) is 4.99 Å². The highest BCUT2D eigenvalue weighted by atomic mass is 15.1. The Morgan fingerprint density at radius 1 is 1.44 bits per heavy atom. The van der Waals surface area contributed by atoms with Crippen LogP contribution in [0.25, 0.3) is 0 Å². The minimum atomic E-state index is 0.748. The number of nitrogens with one attached hydrogen (secondary N) is 1. The second kappa shape index (κ2) is 5.82. The van der Waals surface area contributed by atoms with E-state index in [0.717, 1.165) is 23.6 Å². The summed E-state index contributed by atoms with van der Waals surface area (Å²) >= 11 is 0. The zero-order valence-corrected chi connectivity index (χ0v) is 9.99. The van der Waals surface area contributed by atoms with Gasteiger partial charge in [-0.3, -0.25) is 4.99 Å². The molecule has 0 heterocycles. The lowest BCUT2D eigenvalue weighted by Crippen LogP contribution is -2.24. The van der Waals surface area contributed by atoms with Crippen LogP contribution in [0.2, 0.25) is 0 Å². The standard InChI is InChI=1S/C13H17N3/c1-5-14-12-10-8-7-9-11(12)13(15-6-2)16(3)4/h1,7-10,14H,6H2,2-4H3. The second-order valence-electron chi connectivity index (χ2n) is 3.51. The van der Waals surface area contributed by atoms with Crippen LogP contribution in [0.3, 0.4) is 0 Å². The maximum atomic E-state index is 5.27. The van der Waals surface area contributed by atoms with E-state index in [0.29, 0.717) is 0 Å². The molecular weight excluding hydrogens is 198 g/mol. The van der Waals surface area contributed by atoms with Gasteiger partial charge in [0, 0.05) is 32.2 Å². The van der Waals surface area contributed by atoms with Crippen LogP contribution in [-0.2, 0) is 0 Å². The van der Waals surface area contributed by atoms with Gasteiger partial charge in [0.05, 0.1) is 5.69 Å². The SMILES string of the molecule is C#CNc1ccccc1C(=NCC)N(C)C. The van der Waals surface area contributed by atoms with Crippen LogP contribution in [-0.4, -0.2) is 31.4 Å². The molecular formula is C13H17N3. The van der Waals surface area contributed by atoms with Crippen molar-refractivity contribution in [2.45, 2.75) is 6.92 Å². The average Bonchev–Trinajstić information content (AvgIpc) is 2.27. The zero-order chi connectivity index (χ0) is 12.0. The van der Waals surface area contributed by atoms with Crippen molar-refractivity contribution in [2.75, 3.05) is 26.0 Å². The lowest BCUT2D eigenvalue weighted by atomic mass is 10.1. The van der Waals surface area contributed by atoms with E-state index in [-0.39, 0.29) is 0 Å². The lowest BCUT2D eigenvalue weighted by Gasteiger charge is -2.18. The first-order valence-electron chi connectivity index (χ1n) is 5.23. The molecule has 0 fully saturated rings. The Morgan fingerprint density at radius 2 is 2.12 bits per heavy atom. The molecule has 0 spiro atoms. The van der Waals surface area contributed by atoms with Crippen molar-refractivity contribution in [3.8, 4) is 12.5 Å². The van der Waals surface area contributed by atoms with Crippen LogP contribution in [0.1, 0.15) is 12.5 Å². The predicted octanol–water partition coefficient (Wildman–Crippen LogP) is 2.02. The van der Waals surface area contributed by atoms with E-state index in [2.05, 4.69) is 16.4 Å². The van der Waals surface area contributed by atoms with E-state index in [9.17, 15) is 0 Å². The van der Waals surface area contributed by atoms with Gasteiger partial charge in [-0.2, -0.15) is 0 Å². The molecule has 0 aliphatic carbocycles. The molecule has 1 N–H and O–H groups in total. The van der Waals surface area contributed by atoms with E-state index in [4.69, 9.17) is 6.42 Å². The first-order valence-corrected chi connectivity index (χ1v) is 5.23. The second-order valence-corrected chi connectivity index (χ2v) is 3.51. The number of para-hydroxylation sites is 1. The van der Waals surface area contributed by atoms with Gasteiger partial charge in [0.2, 0.25) is 0 Å². The number of nitrogens with zero attached hydrogens (tertiary/aromatic N) is 2. The van der Waals surface area contributed by atoms with E-state index in [1.165, 1.54) is 0 Å². The van der Waals surface area contributed by atoms with Gasteiger partial charge in [0.1, 0.15) is 5.84 Å². The van der Waals surface area contributed by atoms with Crippen molar-refractivity contribution >= 4 is 11.5 Å². The number of anilines is 1. The Morgan fingerprint density at radius 3 is 2.69 bits per heavy atom. The summed E-state index contributed by atoms with van der Waals surface area (Å²) < 4.78 is 0. The molecule has 0 aromatic heterocycles. The highest BCUT2D eigenvalue weighted by Gasteiger charge is 2.09. The Bertz CT molecular complexity index is 413. The molecule has 0 aliphatic heterocycles. The van der Waals surface area contributed by atoms with Crippen LogP contribution in [0.5, 0.6) is 0 Å². The quantitative estimate of drug-likeness (QED) is 0.361. The van der Waals surface area contributed by atoms with Gasteiger partial charge in [-0.25, -0.2) is 0 Å². The molecule has 16 heavy (non-hydrogen) atoms. The summed E-state index contributed by atoms with van der Waals surface area (Å²) in [6.45, 7) is 2.76. The van der Waals surface area contributed by atoms with Gasteiger partial charge < -0.3 is 10.2 Å². The fourth-order valence-corrected chi connectivity index (χ4v) is 1.48. The van der Waals surface area contributed by atoms with Gasteiger partial charge in [-0.1, -0.05) is 18.6 Å². The molecule has 0 saturated heterocycles. The Hall–Kier alpha value is -1.95. The number of amidine groups is 1. The fraction of sp³-hybridized carbons (Fsp3) is 0.308. The Balaban J connectivity index is 3.19. The van der Waals surface area contributed by atoms with Crippen LogP contribution in [0, 0.1) is 12.5 Å². The molecule has 0 unspecified atom stereocenters. The average molecular weight is 215 g/mol. The summed E-state index contributed by atoms with van der Waals surface area (Å²) in [5.74, 6) is 0.931. The first-order chi connectivity index (χ1) is 7.70. The van der Waals surface area contributed by atoms with Crippen molar-refractivity contribution in [3.63, 3.8) is 0 Å². The smallest absolute Gasteiger partial charge is 0.132 e. The van der Waals surface area contributed by atoms with E-state index >= 15 is 0 Å². The maximum Gasteiger partial charge on any atom is 0.132 e. The summed E-state index contributed by atoms with van der Waals surface area (Å²) in [7, 11) is 3.95. The molecule has 0 amide bonds. The highest BCUT2D eigenvalue weighted by molar-refractivity contribution is 6.03. The number of aliphatic imine (C=N–C) groups is 1. The molecule has 0 bridgehead atoms. The summed E-state index contributed by atoms with van der Waals surface area (Å²) in [6, 6.07) is 10.3. The molecule has 1 aromatic carbocycles. The van der Waals surface area contributed by atoms with Crippen LogP contribution in [0.4, 0.5) is 5.69 Å². The van der Waals surface area contributed by atoms with Gasteiger partial charge in [-0.15, -0.1) is 0 Å². The molecule has 1 aromatic rings. The van der Waals surface area contributed by atoms with Crippen LogP contribution >= 0.6 is 0 Å². The van der Waals surface area contributed by atoms with Crippen LogP contribution in [0.15, 0.2) is 29.3 Å². The van der Waals surface area contributed by atoms with Crippen molar-refractivity contribution in [1.29, 1.82) is 0 Å². The van der Waals surface area contributed by atoms with Gasteiger partial charge >= 0.3 is 0 Å². The third kappa shape index (κ3) is 2.77. The fourth-order valence-electron chi connectivity index (χ4n) is 1.48. The van der Waals surface area contributed by atoms with Crippen molar-refractivity contribution < 1.29 is 0 Å². The van der Waals surface area contributed by atoms with Gasteiger partial charge in [-0.05, 0) is 19.1 Å². The number of benzene rings is 1. The summed E-state index contributed by atoms with van der Waals surface area (Å²) in [6.07, 6.45) is 5.27. The largest absolute Gasteiger partial charge is 0.362 e. The summed E-state index contributed by atoms with van der Waals surface area (Å²) in [4.78, 5) is 6.46. The van der Waals surface area contributed by atoms with Crippen molar-refractivity contribution in [1.82, 2.24) is 4.90 Å². The molecule has 1 rings (SSSR count). The third-order valence-corrected chi connectivity index (χ3v) is 2.11. The van der Waals surface area contributed by atoms with E-state index < -0.39 is 0 Å². The Labute approximate surface area is 97.2 Å².